The standard InChI is InChI=1S/C8H4O/c1-2-4-8-7(3-1)5-6-9-8/h1,3,5-6H. The van der Waals surface area contributed by atoms with Gasteiger partial charge >= 0.3 is 0 Å². The Morgan fingerprint density at radius 3 is 3.22 bits per heavy atom. The predicted octanol–water partition coefficient (Wildman–Crippen LogP) is 2.03. The zero-order valence-electron chi connectivity index (χ0n) is 4.72. The molecule has 0 atom stereocenters. The van der Waals surface area contributed by atoms with Gasteiger partial charge in [-0.05, 0) is 24.3 Å². The van der Waals surface area contributed by atoms with Crippen molar-refractivity contribution in [3.8, 4) is 0 Å². The van der Waals surface area contributed by atoms with Crippen LogP contribution in [0.2, 0.25) is 0 Å². The molecular weight excluding hydrogens is 112 g/mol. The van der Waals surface area contributed by atoms with Gasteiger partial charge < -0.3 is 4.42 Å². The van der Waals surface area contributed by atoms with Crippen LogP contribution in [0.5, 0.6) is 0 Å². The van der Waals surface area contributed by atoms with Gasteiger partial charge in [0, 0.05) is 5.39 Å². The summed E-state index contributed by atoms with van der Waals surface area (Å²) >= 11 is 0. The first-order chi connectivity index (χ1) is 4.47. The Hall–Kier alpha value is -1.42. The second kappa shape index (κ2) is 1.53. The summed E-state index contributed by atoms with van der Waals surface area (Å²) in [7, 11) is 0. The van der Waals surface area contributed by atoms with Crippen molar-refractivity contribution < 1.29 is 4.42 Å². The minimum absolute atomic E-state index is 0.775. The minimum atomic E-state index is 0.775. The Morgan fingerprint density at radius 2 is 2.33 bits per heavy atom. The van der Waals surface area contributed by atoms with Gasteiger partial charge in [-0.2, -0.15) is 0 Å². The van der Waals surface area contributed by atoms with E-state index < -0.39 is 0 Å². The molecule has 1 nitrogen and oxygen atoms in total. The molecule has 1 aromatic carbocycles. The highest BCUT2D eigenvalue weighted by Crippen LogP contribution is 2.09. The zero-order chi connectivity index (χ0) is 6.10. The highest BCUT2D eigenvalue weighted by Gasteiger charge is 1.88. The fourth-order valence-electron chi connectivity index (χ4n) is 0.791. The van der Waals surface area contributed by atoms with Crippen LogP contribution in [-0.4, -0.2) is 0 Å². The predicted molar refractivity (Wildman–Crippen MR) is 33.9 cm³/mol. The SMILES string of the molecule is c1ccc2ccoc2c#1. The first-order valence-corrected chi connectivity index (χ1v) is 2.72. The fourth-order valence-corrected chi connectivity index (χ4v) is 0.791. The van der Waals surface area contributed by atoms with E-state index in [4.69, 9.17) is 4.42 Å². The molecule has 0 saturated carbocycles. The van der Waals surface area contributed by atoms with Gasteiger partial charge in [0.2, 0.25) is 0 Å². The molecule has 0 spiro atoms. The molecular formula is C8H4O. The van der Waals surface area contributed by atoms with E-state index >= 15 is 0 Å². The Balaban J connectivity index is 2.95. The summed E-state index contributed by atoms with van der Waals surface area (Å²) < 4.78 is 5.03. The number of fused-ring (bicyclic) bond motifs is 1. The van der Waals surface area contributed by atoms with E-state index in [1.54, 1.807) is 6.26 Å². The van der Waals surface area contributed by atoms with Crippen molar-refractivity contribution in [3.05, 3.63) is 36.6 Å². The van der Waals surface area contributed by atoms with Gasteiger partial charge in [0.25, 0.3) is 0 Å². The maximum atomic E-state index is 5.03. The molecule has 0 aliphatic carbocycles. The second-order valence-electron chi connectivity index (χ2n) is 1.81. The summed E-state index contributed by atoms with van der Waals surface area (Å²) in [5.74, 6) is 0. The lowest BCUT2D eigenvalue weighted by molar-refractivity contribution is 0.616. The molecule has 0 aliphatic heterocycles. The van der Waals surface area contributed by atoms with Crippen LogP contribution in [0, 0.1) is 12.1 Å². The van der Waals surface area contributed by atoms with Crippen LogP contribution in [0.1, 0.15) is 0 Å². The molecule has 2 aromatic rings. The van der Waals surface area contributed by atoms with Crippen molar-refractivity contribution in [2.75, 3.05) is 0 Å². The molecule has 0 aliphatic rings. The van der Waals surface area contributed by atoms with Gasteiger partial charge in [-0.1, -0.05) is 6.07 Å². The normalized spacial score (nSPS) is 9.33. The number of hydrogen-bond donors (Lipinski definition) is 0. The van der Waals surface area contributed by atoms with Gasteiger partial charge in [0.1, 0.15) is 0 Å². The van der Waals surface area contributed by atoms with Gasteiger partial charge in [-0.25, -0.2) is 0 Å². The maximum Gasteiger partial charge on any atom is 0.184 e. The van der Waals surface area contributed by atoms with Crippen LogP contribution < -0.4 is 0 Å². The smallest absolute Gasteiger partial charge is 0.184 e. The van der Waals surface area contributed by atoms with Crippen molar-refractivity contribution in [2.24, 2.45) is 0 Å². The number of furan rings is 1. The van der Waals surface area contributed by atoms with Crippen LogP contribution in [0.25, 0.3) is 11.0 Å². The molecule has 0 bridgehead atoms. The summed E-state index contributed by atoms with van der Waals surface area (Å²) in [5, 5.41) is 1.08. The lowest BCUT2D eigenvalue weighted by Crippen LogP contribution is -1.54. The monoisotopic (exact) mass is 116 g/mol. The van der Waals surface area contributed by atoms with Gasteiger partial charge in [-0.15, -0.1) is 0 Å². The molecule has 9 heavy (non-hydrogen) atoms. The molecule has 0 amide bonds. The van der Waals surface area contributed by atoms with E-state index in [0.29, 0.717) is 0 Å². The van der Waals surface area contributed by atoms with Crippen LogP contribution >= 0.6 is 0 Å². The first-order valence-electron chi connectivity index (χ1n) is 2.72. The summed E-state index contributed by atoms with van der Waals surface area (Å²) in [4.78, 5) is 0. The lowest BCUT2D eigenvalue weighted by Gasteiger charge is -1.75. The molecule has 0 unspecified atom stereocenters. The lowest BCUT2D eigenvalue weighted by atomic mass is 10.3. The van der Waals surface area contributed by atoms with E-state index in [-0.39, 0.29) is 0 Å². The summed E-state index contributed by atoms with van der Waals surface area (Å²) in [5.41, 5.74) is 0.775. The molecule has 0 radical (unpaired) electrons. The Bertz CT molecular complexity index is 279. The third-order valence-corrected chi connectivity index (χ3v) is 1.23. The average molecular weight is 116 g/mol. The van der Waals surface area contributed by atoms with Crippen LogP contribution in [0.4, 0.5) is 0 Å². The van der Waals surface area contributed by atoms with E-state index in [0.717, 1.165) is 11.0 Å². The largest absolute Gasteiger partial charge is 0.455 e. The molecule has 1 heteroatoms. The molecule has 0 fully saturated rings. The van der Waals surface area contributed by atoms with Gasteiger partial charge in [0.05, 0.1) is 6.26 Å². The van der Waals surface area contributed by atoms with Crippen molar-refractivity contribution in [1.82, 2.24) is 0 Å². The summed E-state index contributed by atoms with van der Waals surface area (Å²) in [6, 6.07) is 11.3. The first kappa shape index (κ1) is 4.46. The molecule has 0 saturated heterocycles. The third-order valence-electron chi connectivity index (χ3n) is 1.23. The Morgan fingerprint density at radius 1 is 1.33 bits per heavy atom. The second-order valence-corrected chi connectivity index (χ2v) is 1.81. The van der Waals surface area contributed by atoms with E-state index in [2.05, 4.69) is 12.1 Å². The third kappa shape index (κ3) is 0.569. The van der Waals surface area contributed by atoms with Crippen LogP contribution in [0.3, 0.4) is 0 Å². The van der Waals surface area contributed by atoms with Crippen molar-refractivity contribution >= 4 is 11.0 Å². The molecule has 1 heterocycles. The molecule has 42 valence electrons. The highest BCUT2D eigenvalue weighted by molar-refractivity contribution is 5.74. The molecule has 2 rings (SSSR count). The topological polar surface area (TPSA) is 13.1 Å². The van der Waals surface area contributed by atoms with Crippen LogP contribution in [0.15, 0.2) is 28.9 Å². The Labute approximate surface area is 52.9 Å². The quantitative estimate of drug-likeness (QED) is 0.513. The number of hydrogen-bond acceptors (Lipinski definition) is 1. The summed E-state index contributed by atoms with van der Waals surface area (Å²) in [6.07, 6.45) is 1.65. The van der Waals surface area contributed by atoms with Crippen LogP contribution in [-0.2, 0) is 0 Å². The minimum Gasteiger partial charge on any atom is -0.455 e. The molecule has 0 N–H and O–H groups in total. The summed E-state index contributed by atoms with van der Waals surface area (Å²) in [6.45, 7) is 0. The van der Waals surface area contributed by atoms with Gasteiger partial charge in [-0.3, -0.25) is 0 Å². The van der Waals surface area contributed by atoms with Crippen molar-refractivity contribution in [1.29, 1.82) is 0 Å². The van der Waals surface area contributed by atoms with Crippen molar-refractivity contribution in [2.45, 2.75) is 0 Å². The molecule has 1 aromatic heterocycles. The van der Waals surface area contributed by atoms with Crippen molar-refractivity contribution in [3.63, 3.8) is 0 Å². The van der Waals surface area contributed by atoms with E-state index in [9.17, 15) is 0 Å². The maximum absolute atomic E-state index is 5.03. The van der Waals surface area contributed by atoms with E-state index in [1.807, 2.05) is 18.2 Å². The fraction of sp³-hybridized carbons (Fsp3) is 0. The Kier molecular flexibility index (Phi) is 0.757. The average Bonchev–Trinajstić information content (AvgIpc) is 2.33. The highest BCUT2D eigenvalue weighted by atomic mass is 16.3. The number of rotatable bonds is 0. The van der Waals surface area contributed by atoms with E-state index in [1.165, 1.54) is 0 Å². The van der Waals surface area contributed by atoms with Gasteiger partial charge in [0.15, 0.2) is 5.58 Å². The zero-order valence-corrected chi connectivity index (χ0v) is 4.72.